The Labute approximate surface area is 204 Å². The molecule has 0 saturated carbocycles. The highest BCUT2D eigenvalue weighted by molar-refractivity contribution is 6.33. The summed E-state index contributed by atoms with van der Waals surface area (Å²) in [6.45, 7) is 3.90. The van der Waals surface area contributed by atoms with E-state index in [2.05, 4.69) is 20.9 Å². The maximum atomic E-state index is 14.7. The summed E-state index contributed by atoms with van der Waals surface area (Å²) in [5.41, 5.74) is 1.46. The van der Waals surface area contributed by atoms with Crippen molar-refractivity contribution in [2.75, 3.05) is 23.0 Å². The Hall–Kier alpha value is -3.98. The second-order valence-corrected chi connectivity index (χ2v) is 8.30. The molecular weight excluding hydrogens is 476 g/mol. The van der Waals surface area contributed by atoms with E-state index in [9.17, 15) is 18.4 Å². The van der Waals surface area contributed by atoms with Gasteiger partial charge in [-0.15, -0.1) is 0 Å². The molecule has 0 aliphatic carbocycles. The largest absolute Gasteiger partial charge is 0.373 e. The van der Waals surface area contributed by atoms with Crippen molar-refractivity contribution in [3.8, 4) is 11.1 Å². The van der Waals surface area contributed by atoms with Crippen LogP contribution in [0.2, 0.25) is 5.02 Å². The Bertz CT molecular complexity index is 1500. The molecule has 4 aromatic rings. The van der Waals surface area contributed by atoms with Crippen LogP contribution in [0, 0.1) is 18.6 Å². The Morgan fingerprint density at radius 3 is 2.51 bits per heavy atom. The zero-order valence-electron chi connectivity index (χ0n) is 19.2. The maximum Gasteiger partial charge on any atom is 0.323 e. The number of carbonyl (C=O) groups is 1. The third kappa shape index (κ3) is 4.95. The molecule has 0 atom stereocenters. The van der Waals surface area contributed by atoms with E-state index < -0.39 is 17.7 Å². The number of nitrogens with one attached hydrogen (secondary N) is 3. The summed E-state index contributed by atoms with van der Waals surface area (Å²) < 4.78 is 29.9. The number of aromatic nitrogens is 2. The van der Waals surface area contributed by atoms with Gasteiger partial charge in [0.15, 0.2) is 0 Å². The number of rotatable bonds is 5. The first-order valence-corrected chi connectivity index (χ1v) is 11.1. The van der Waals surface area contributed by atoms with E-state index in [1.165, 1.54) is 12.1 Å². The van der Waals surface area contributed by atoms with Crippen molar-refractivity contribution in [3.05, 3.63) is 81.2 Å². The van der Waals surface area contributed by atoms with Gasteiger partial charge in [0.2, 0.25) is 0 Å². The summed E-state index contributed by atoms with van der Waals surface area (Å²) in [5, 5.41) is 8.51. The molecule has 7 nitrogen and oxygen atoms in total. The fraction of sp³-hybridized carbons (Fsp3) is 0.160. The fourth-order valence-corrected chi connectivity index (χ4v) is 4.11. The number of pyridine rings is 2. The van der Waals surface area contributed by atoms with Crippen LogP contribution in [-0.2, 0) is 6.54 Å². The first-order valence-electron chi connectivity index (χ1n) is 10.8. The van der Waals surface area contributed by atoms with E-state index in [0.717, 1.165) is 12.1 Å². The molecule has 0 fully saturated rings. The summed E-state index contributed by atoms with van der Waals surface area (Å²) in [5.74, 6) is -0.695. The lowest BCUT2D eigenvalue weighted by Gasteiger charge is -2.15. The monoisotopic (exact) mass is 497 g/mol. The lowest BCUT2D eigenvalue weighted by atomic mass is 10.0. The Kier molecular flexibility index (Phi) is 6.70. The number of fused-ring (bicyclic) bond motifs is 1. The van der Waals surface area contributed by atoms with Gasteiger partial charge in [-0.25, -0.2) is 18.6 Å². The van der Waals surface area contributed by atoms with Crippen LogP contribution in [0.5, 0.6) is 0 Å². The molecule has 3 N–H and O–H groups in total. The van der Waals surface area contributed by atoms with Gasteiger partial charge in [-0.3, -0.25) is 4.79 Å². The minimum absolute atomic E-state index is 0.00752. The van der Waals surface area contributed by atoms with Crippen LogP contribution in [0.4, 0.5) is 30.8 Å². The van der Waals surface area contributed by atoms with Gasteiger partial charge in [-0.2, -0.15) is 0 Å². The smallest absolute Gasteiger partial charge is 0.323 e. The summed E-state index contributed by atoms with van der Waals surface area (Å²) in [6.07, 6.45) is 1.63. The lowest BCUT2D eigenvalue weighted by Crippen LogP contribution is -2.22. The van der Waals surface area contributed by atoms with E-state index in [1.54, 1.807) is 42.9 Å². The van der Waals surface area contributed by atoms with Crippen molar-refractivity contribution in [2.24, 2.45) is 0 Å². The van der Waals surface area contributed by atoms with Gasteiger partial charge < -0.3 is 20.5 Å². The highest BCUT2D eigenvalue weighted by atomic mass is 35.5. The lowest BCUT2D eigenvalue weighted by molar-refractivity contribution is 0.262. The van der Waals surface area contributed by atoms with E-state index >= 15 is 0 Å². The van der Waals surface area contributed by atoms with Crippen LogP contribution in [-0.4, -0.2) is 22.6 Å². The highest BCUT2D eigenvalue weighted by Gasteiger charge is 2.18. The molecule has 10 heteroatoms. The van der Waals surface area contributed by atoms with E-state index in [-0.39, 0.29) is 33.1 Å². The third-order valence-electron chi connectivity index (χ3n) is 5.45. The number of carbonyl (C=O) groups excluding carboxylic acids is 1. The Morgan fingerprint density at radius 2 is 1.83 bits per heavy atom. The number of benzene rings is 2. The predicted molar refractivity (Wildman–Crippen MR) is 135 cm³/mol. The molecule has 0 unspecified atom stereocenters. The number of urea groups is 1. The van der Waals surface area contributed by atoms with E-state index in [0.29, 0.717) is 28.8 Å². The average Bonchev–Trinajstić information content (AvgIpc) is 2.79. The first kappa shape index (κ1) is 24.2. The number of amides is 2. The molecular formula is C25H22ClF2N5O2. The predicted octanol–water partition coefficient (Wildman–Crippen LogP) is 6.01. The number of halogens is 3. The van der Waals surface area contributed by atoms with Gasteiger partial charge in [0, 0.05) is 48.1 Å². The molecule has 0 spiro atoms. The van der Waals surface area contributed by atoms with Gasteiger partial charge in [-0.1, -0.05) is 11.6 Å². The van der Waals surface area contributed by atoms with Crippen molar-refractivity contribution >= 4 is 45.7 Å². The van der Waals surface area contributed by atoms with Gasteiger partial charge >= 0.3 is 6.03 Å². The molecule has 180 valence electrons. The number of hydrogen-bond donors (Lipinski definition) is 3. The third-order valence-corrected chi connectivity index (χ3v) is 5.76. The quantitative estimate of drug-likeness (QED) is 0.315. The second kappa shape index (κ2) is 9.71. The Morgan fingerprint density at radius 1 is 1.06 bits per heavy atom. The minimum Gasteiger partial charge on any atom is -0.373 e. The second-order valence-electron chi connectivity index (χ2n) is 7.89. The van der Waals surface area contributed by atoms with Crippen LogP contribution in [0.3, 0.4) is 0 Å². The molecule has 35 heavy (non-hydrogen) atoms. The standard InChI is InChI=1S/C25H22ClF2N5O2/c1-4-33-22-11-23(29-3)30-12-14(22)7-18(24(33)34)17-9-21(20(28)10-19(17)26)32-25(35)31-16-6-13(2)5-15(27)8-16/h5-12H,4H2,1-3H3,(H,29,30)(H2,31,32,35). The number of hydrogen-bond acceptors (Lipinski definition) is 4. The van der Waals surface area contributed by atoms with E-state index in [4.69, 9.17) is 11.6 Å². The molecule has 2 amide bonds. The number of anilines is 3. The molecule has 2 aromatic heterocycles. The van der Waals surface area contributed by atoms with Gasteiger partial charge in [0.05, 0.1) is 16.2 Å². The zero-order valence-corrected chi connectivity index (χ0v) is 19.9. The van der Waals surface area contributed by atoms with Crippen molar-refractivity contribution in [1.29, 1.82) is 0 Å². The highest BCUT2D eigenvalue weighted by Crippen LogP contribution is 2.33. The average molecular weight is 498 g/mol. The van der Waals surface area contributed by atoms with Crippen LogP contribution >= 0.6 is 11.6 Å². The molecule has 0 aliphatic heterocycles. The maximum absolute atomic E-state index is 14.7. The Balaban J connectivity index is 1.74. The van der Waals surface area contributed by atoms with Crippen molar-refractivity contribution in [2.45, 2.75) is 20.4 Å². The summed E-state index contributed by atoms with van der Waals surface area (Å²) in [4.78, 5) is 30.1. The molecule has 0 radical (unpaired) electrons. The fourth-order valence-electron chi connectivity index (χ4n) is 3.86. The van der Waals surface area contributed by atoms with Crippen LogP contribution in [0.15, 0.2) is 53.5 Å². The van der Waals surface area contributed by atoms with Crippen molar-refractivity contribution in [3.63, 3.8) is 0 Å². The molecule has 0 bridgehead atoms. The first-order chi connectivity index (χ1) is 16.7. The minimum atomic E-state index is -0.791. The van der Waals surface area contributed by atoms with Crippen molar-refractivity contribution < 1.29 is 13.6 Å². The number of nitrogens with zero attached hydrogens (tertiary/aromatic N) is 2. The summed E-state index contributed by atoms with van der Waals surface area (Å²) in [7, 11) is 1.73. The van der Waals surface area contributed by atoms with Gasteiger partial charge in [0.1, 0.15) is 17.5 Å². The molecule has 0 aliphatic rings. The normalized spacial score (nSPS) is 10.9. The summed E-state index contributed by atoms with van der Waals surface area (Å²) in [6, 6.07) is 8.98. The molecule has 2 aromatic carbocycles. The van der Waals surface area contributed by atoms with Crippen LogP contribution in [0.25, 0.3) is 22.0 Å². The topological polar surface area (TPSA) is 88.1 Å². The SMILES string of the molecule is CCn1c(=O)c(-c2cc(NC(=O)Nc3cc(C)cc(F)c3)c(F)cc2Cl)cc2cnc(NC)cc21. The van der Waals surface area contributed by atoms with Gasteiger partial charge in [0.25, 0.3) is 5.56 Å². The molecule has 2 heterocycles. The molecule has 4 rings (SSSR count). The van der Waals surface area contributed by atoms with Gasteiger partial charge in [-0.05, 0) is 55.8 Å². The number of aryl methyl sites for hydroxylation is 2. The zero-order chi connectivity index (χ0) is 25.3. The molecule has 0 saturated heterocycles. The summed E-state index contributed by atoms with van der Waals surface area (Å²) >= 11 is 6.32. The van der Waals surface area contributed by atoms with Crippen LogP contribution < -0.4 is 21.5 Å². The van der Waals surface area contributed by atoms with Crippen LogP contribution in [0.1, 0.15) is 12.5 Å². The van der Waals surface area contributed by atoms with E-state index in [1.807, 2.05) is 6.92 Å². The van der Waals surface area contributed by atoms with Crippen molar-refractivity contribution in [1.82, 2.24) is 9.55 Å².